The van der Waals surface area contributed by atoms with E-state index in [2.05, 4.69) is 9.98 Å². The molecule has 0 unspecified atom stereocenters. The van der Waals surface area contributed by atoms with Crippen molar-refractivity contribution < 1.29 is 4.79 Å². The smallest absolute Gasteiger partial charge is 0.213 e. The average molecular weight is 365 g/mol. The van der Waals surface area contributed by atoms with Crippen LogP contribution in [-0.4, -0.2) is 21.5 Å². The second-order valence-electron chi connectivity index (χ2n) is 6.49. The Balaban J connectivity index is 1.81. The van der Waals surface area contributed by atoms with Crippen LogP contribution in [0.2, 0.25) is 0 Å². The fraction of sp³-hybridized carbons (Fsp3) is 0.0417. The third-order valence-corrected chi connectivity index (χ3v) is 4.45. The number of rotatable bonds is 5. The Morgan fingerprint density at radius 1 is 0.893 bits per heavy atom. The van der Waals surface area contributed by atoms with E-state index >= 15 is 0 Å². The number of aryl methyl sites for hydroxylation is 1. The third kappa shape index (κ3) is 3.67. The van der Waals surface area contributed by atoms with Crippen molar-refractivity contribution >= 4 is 17.8 Å². The zero-order valence-electron chi connectivity index (χ0n) is 15.5. The van der Waals surface area contributed by atoms with E-state index in [9.17, 15) is 4.79 Å². The normalized spacial score (nSPS) is 11.0. The molecule has 0 saturated heterocycles. The zero-order valence-corrected chi connectivity index (χ0v) is 15.5. The molecule has 0 aliphatic carbocycles. The molecule has 136 valence electrons. The number of imidazole rings is 1. The van der Waals surface area contributed by atoms with Crippen LogP contribution in [0.4, 0.5) is 5.82 Å². The maximum atomic E-state index is 13.3. The highest BCUT2D eigenvalue weighted by atomic mass is 16.1. The van der Waals surface area contributed by atoms with Crippen molar-refractivity contribution in [3.8, 4) is 5.69 Å². The van der Waals surface area contributed by atoms with Gasteiger partial charge in [0.05, 0.1) is 0 Å². The molecule has 0 spiro atoms. The molecule has 0 aliphatic heterocycles. The van der Waals surface area contributed by atoms with Crippen molar-refractivity contribution in [1.29, 1.82) is 0 Å². The number of aliphatic imine (C=N–C) groups is 1. The zero-order chi connectivity index (χ0) is 19.3. The van der Waals surface area contributed by atoms with Gasteiger partial charge in [-0.25, -0.2) is 9.98 Å². The van der Waals surface area contributed by atoms with E-state index in [1.54, 1.807) is 29.2 Å². The molecule has 4 rings (SSSR count). The van der Waals surface area contributed by atoms with Gasteiger partial charge in [-0.2, -0.15) is 0 Å². The summed E-state index contributed by atoms with van der Waals surface area (Å²) in [5, 5.41) is 0. The second-order valence-corrected chi connectivity index (χ2v) is 6.49. The number of nitrogens with zero attached hydrogens (tertiary/aromatic N) is 3. The molecule has 0 aliphatic rings. The van der Waals surface area contributed by atoms with Crippen molar-refractivity contribution in [1.82, 2.24) is 9.55 Å². The van der Waals surface area contributed by atoms with Gasteiger partial charge in [0, 0.05) is 17.5 Å². The van der Waals surface area contributed by atoms with E-state index in [4.69, 9.17) is 0 Å². The number of hydrogen-bond donors (Lipinski definition) is 0. The summed E-state index contributed by atoms with van der Waals surface area (Å²) in [6.45, 7) is 2.03. The third-order valence-electron chi connectivity index (χ3n) is 4.45. The minimum absolute atomic E-state index is 0.112. The second kappa shape index (κ2) is 7.84. The van der Waals surface area contributed by atoms with Crippen LogP contribution in [0.3, 0.4) is 0 Å². The molecule has 1 aromatic heterocycles. The fourth-order valence-corrected chi connectivity index (χ4v) is 2.95. The number of aromatic nitrogens is 2. The van der Waals surface area contributed by atoms with E-state index in [0.29, 0.717) is 17.1 Å². The van der Waals surface area contributed by atoms with E-state index in [1.807, 2.05) is 79.7 Å². The lowest BCUT2D eigenvalue weighted by molar-refractivity contribution is 0.103. The minimum Gasteiger partial charge on any atom is -0.294 e. The Bertz CT molecular complexity index is 1110. The maximum absolute atomic E-state index is 13.3. The number of carbonyl (C=O) groups excluding carboxylic acids is 1. The highest BCUT2D eigenvalue weighted by molar-refractivity contribution is 6.11. The molecule has 0 bridgehead atoms. The molecule has 0 amide bonds. The molecule has 0 atom stereocenters. The van der Waals surface area contributed by atoms with Gasteiger partial charge in [0.15, 0.2) is 5.82 Å². The van der Waals surface area contributed by atoms with E-state index < -0.39 is 0 Å². The standard InChI is InChI=1S/C24H19N3O/c1-18-12-14-21(15-13-18)27-17-26-24(25-16-19-8-4-2-5-9-19)22(27)23(28)20-10-6-3-7-11-20/h2-17H,1H3. The van der Waals surface area contributed by atoms with Crippen LogP contribution < -0.4 is 0 Å². The first-order valence-electron chi connectivity index (χ1n) is 9.05. The molecule has 4 nitrogen and oxygen atoms in total. The Morgan fingerprint density at radius 2 is 1.54 bits per heavy atom. The van der Waals surface area contributed by atoms with Gasteiger partial charge in [-0.3, -0.25) is 9.36 Å². The summed E-state index contributed by atoms with van der Waals surface area (Å²) in [6, 6.07) is 26.9. The SMILES string of the molecule is Cc1ccc(-n2cnc(N=Cc3ccccc3)c2C(=O)c2ccccc2)cc1. The van der Waals surface area contributed by atoms with Crippen LogP contribution in [0.1, 0.15) is 27.2 Å². The summed E-state index contributed by atoms with van der Waals surface area (Å²) in [5.41, 5.74) is 4.03. The summed E-state index contributed by atoms with van der Waals surface area (Å²) >= 11 is 0. The van der Waals surface area contributed by atoms with Crippen molar-refractivity contribution in [3.63, 3.8) is 0 Å². The lowest BCUT2D eigenvalue weighted by Gasteiger charge is -2.09. The van der Waals surface area contributed by atoms with Crippen LogP contribution >= 0.6 is 0 Å². The van der Waals surface area contributed by atoms with Crippen LogP contribution in [-0.2, 0) is 0 Å². The number of ketones is 1. The van der Waals surface area contributed by atoms with Gasteiger partial charge in [0.25, 0.3) is 0 Å². The molecular formula is C24H19N3O. The molecule has 3 aromatic carbocycles. The molecule has 0 radical (unpaired) electrons. The molecule has 4 heteroatoms. The van der Waals surface area contributed by atoms with E-state index in [-0.39, 0.29) is 5.78 Å². The maximum Gasteiger partial charge on any atom is 0.213 e. The van der Waals surface area contributed by atoms with E-state index in [0.717, 1.165) is 16.8 Å². The van der Waals surface area contributed by atoms with Crippen molar-refractivity contribution in [3.05, 3.63) is 114 Å². The predicted octanol–water partition coefficient (Wildman–Crippen LogP) is 5.16. The van der Waals surface area contributed by atoms with Crippen LogP contribution in [0, 0.1) is 6.92 Å². The van der Waals surface area contributed by atoms with Gasteiger partial charge in [-0.1, -0.05) is 78.4 Å². The average Bonchev–Trinajstić information content (AvgIpc) is 3.17. The first-order valence-corrected chi connectivity index (χ1v) is 9.05. The summed E-state index contributed by atoms with van der Waals surface area (Å²) < 4.78 is 1.80. The van der Waals surface area contributed by atoms with Gasteiger partial charge >= 0.3 is 0 Å². The van der Waals surface area contributed by atoms with Gasteiger partial charge in [0.2, 0.25) is 5.78 Å². The predicted molar refractivity (Wildman–Crippen MR) is 112 cm³/mol. The number of carbonyl (C=O) groups is 1. The summed E-state index contributed by atoms with van der Waals surface area (Å²) in [7, 11) is 0. The van der Waals surface area contributed by atoms with Gasteiger partial charge in [-0.05, 0) is 24.6 Å². The van der Waals surface area contributed by atoms with E-state index in [1.165, 1.54) is 0 Å². The Morgan fingerprint density at radius 3 is 2.21 bits per heavy atom. The topological polar surface area (TPSA) is 47.2 Å². The van der Waals surface area contributed by atoms with Crippen molar-refractivity contribution in [2.24, 2.45) is 4.99 Å². The molecule has 1 heterocycles. The molecular weight excluding hydrogens is 346 g/mol. The first-order chi connectivity index (χ1) is 13.7. The Hall–Kier alpha value is -3.79. The fourth-order valence-electron chi connectivity index (χ4n) is 2.95. The van der Waals surface area contributed by atoms with Gasteiger partial charge < -0.3 is 0 Å². The Labute approximate surface area is 163 Å². The molecule has 0 fully saturated rings. The lowest BCUT2D eigenvalue weighted by Crippen LogP contribution is -2.08. The molecule has 4 aromatic rings. The highest BCUT2D eigenvalue weighted by Crippen LogP contribution is 2.24. The van der Waals surface area contributed by atoms with Crippen molar-refractivity contribution in [2.45, 2.75) is 6.92 Å². The quantitative estimate of drug-likeness (QED) is 0.362. The molecule has 28 heavy (non-hydrogen) atoms. The van der Waals surface area contributed by atoms with Crippen molar-refractivity contribution in [2.75, 3.05) is 0 Å². The first kappa shape index (κ1) is 17.6. The minimum atomic E-state index is -0.112. The highest BCUT2D eigenvalue weighted by Gasteiger charge is 2.20. The Kier molecular flexibility index (Phi) is 4.93. The summed E-state index contributed by atoms with van der Waals surface area (Å²) in [5.74, 6) is 0.289. The van der Waals surface area contributed by atoms with Crippen LogP contribution in [0.15, 0.2) is 96.2 Å². The lowest BCUT2D eigenvalue weighted by atomic mass is 10.1. The van der Waals surface area contributed by atoms with Gasteiger partial charge in [0.1, 0.15) is 12.0 Å². The number of benzene rings is 3. The summed E-state index contributed by atoms with van der Waals surface area (Å²) in [6.07, 6.45) is 3.38. The monoisotopic (exact) mass is 365 g/mol. The van der Waals surface area contributed by atoms with Gasteiger partial charge in [-0.15, -0.1) is 0 Å². The number of hydrogen-bond acceptors (Lipinski definition) is 3. The van der Waals surface area contributed by atoms with Crippen LogP contribution in [0.5, 0.6) is 0 Å². The van der Waals surface area contributed by atoms with Crippen LogP contribution in [0.25, 0.3) is 5.69 Å². The molecule has 0 N–H and O–H groups in total. The largest absolute Gasteiger partial charge is 0.294 e. The molecule has 0 saturated carbocycles. The summed E-state index contributed by atoms with van der Waals surface area (Å²) in [4.78, 5) is 22.2.